The first-order chi connectivity index (χ1) is 10.2. The minimum Gasteiger partial charge on any atom is -0.370 e. The molecule has 0 aromatic carbocycles. The lowest BCUT2D eigenvalue weighted by Crippen LogP contribution is -2.35. The monoisotopic (exact) mass is 290 g/mol. The van der Waals surface area contributed by atoms with Crippen LogP contribution in [0.4, 0.5) is 11.6 Å². The second-order valence-electron chi connectivity index (χ2n) is 6.38. The van der Waals surface area contributed by atoms with Crippen LogP contribution in [0.5, 0.6) is 0 Å². The van der Waals surface area contributed by atoms with Crippen LogP contribution in [0.1, 0.15) is 64.9 Å². The zero-order valence-electron chi connectivity index (χ0n) is 14.0. The largest absolute Gasteiger partial charge is 0.370 e. The van der Waals surface area contributed by atoms with Gasteiger partial charge in [0.25, 0.3) is 0 Å². The van der Waals surface area contributed by atoms with Crippen molar-refractivity contribution in [3.63, 3.8) is 0 Å². The summed E-state index contributed by atoms with van der Waals surface area (Å²) in [6.45, 7) is 12.2. The third-order valence-corrected chi connectivity index (χ3v) is 4.47. The van der Waals surface area contributed by atoms with Gasteiger partial charge >= 0.3 is 0 Å². The molecule has 0 bridgehead atoms. The Hall–Kier alpha value is -1.32. The van der Waals surface area contributed by atoms with Gasteiger partial charge in [0.05, 0.1) is 0 Å². The van der Waals surface area contributed by atoms with Gasteiger partial charge in [-0.25, -0.2) is 9.97 Å². The fourth-order valence-electron chi connectivity index (χ4n) is 3.11. The standard InChI is InChI=1S/C17H30N4/c1-5-9-18-16-15(13(3)4)17(20-12-19-16)21-10-7-14(6-2)8-11-21/h12-14H,5-11H2,1-4H3,(H,18,19,20). The van der Waals surface area contributed by atoms with Gasteiger partial charge in [0, 0.05) is 25.2 Å². The number of hydrogen-bond acceptors (Lipinski definition) is 4. The molecule has 0 spiro atoms. The van der Waals surface area contributed by atoms with E-state index < -0.39 is 0 Å². The highest BCUT2D eigenvalue weighted by atomic mass is 15.2. The Morgan fingerprint density at radius 3 is 2.52 bits per heavy atom. The van der Waals surface area contributed by atoms with Crippen LogP contribution in [-0.2, 0) is 0 Å². The lowest BCUT2D eigenvalue weighted by atomic mass is 9.93. The molecule has 4 nitrogen and oxygen atoms in total. The molecule has 1 aliphatic rings. The fourth-order valence-corrected chi connectivity index (χ4v) is 3.11. The van der Waals surface area contributed by atoms with Crippen LogP contribution in [-0.4, -0.2) is 29.6 Å². The molecule has 1 fully saturated rings. The number of piperidine rings is 1. The molecule has 118 valence electrons. The summed E-state index contributed by atoms with van der Waals surface area (Å²) in [4.78, 5) is 11.6. The zero-order chi connectivity index (χ0) is 15.2. The molecular formula is C17H30N4. The second kappa shape index (κ2) is 7.62. The number of nitrogens with one attached hydrogen (secondary N) is 1. The maximum atomic E-state index is 4.62. The SMILES string of the molecule is CCCNc1ncnc(N2CCC(CC)CC2)c1C(C)C. The number of anilines is 2. The molecule has 4 heteroatoms. The molecule has 2 rings (SSSR count). The van der Waals surface area contributed by atoms with E-state index in [4.69, 9.17) is 0 Å². The summed E-state index contributed by atoms with van der Waals surface area (Å²) in [5, 5.41) is 3.47. The highest BCUT2D eigenvalue weighted by molar-refractivity contribution is 5.60. The van der Waals surface area contributed by atoms with Crippen molar-refractivity contribution in [2.45, 2.75) is 59.3 Å². The molecule has 1 N–H and O–H groups in total. The first-order valence-corrected chi connectivity index (χ1v) is 8.51. The van der Waals surface area contributed by atoms with Gasteiger partial charge in [-0.15, -0.1) is 0 Å². The van der Waals surface area contributed by atoms with Gasteiger partial charge in [0.15, 0.2) is 0 Å². The third kappa shape index (κ3) is 3.86. The molecule has 0 unspecified atom stereocenters. The Kier molecular flexibility index (Phi) is 5.83. The Labute approximate surface area is 129 Å². The third-order valence-electron chi connectivity index (χ3n) is 4.47. The molecule has 1 saturated heterocycles. The van der Waals surface area contributed by atoms with Gasteiger partial charge in [-0.05, 0) is 31.1 Å². The number of rotatable bonds is 6. The second-order valence-corrected chi connectivity index (χ2v) is 6.38. The van der Waals surface area contributed by atoms with Crippen LogP contribution < -0.4 is 10.2 Å². The quantitative estimate of drug-likeness (QED) is 0.858. The van der Waals surface area contributed by atoms with E-state index in [-0.39, 0.29) is 0 Å². The number of aromatic nitrogens is 2. The topological polar surface area (TPSA) is 41.1 Å². The van der Waals surface area contributed by atoms with Gasteiger partial charge in [0.1, 0.15) is 18.0 Å². The molecule has 1 aromatic heterocycles. The van der Waals surface area contributed by atoms with Crippen molar-refractivity contribution in [1.29, 1.82) is 0 Å². The molecule has 1 aromatic rings. The van der Waals surface area contributed by atoms with Crippen molar-refractivity contribution in [1.82, 2.24) is 9.97 Å². The van der Waals surface area contributed by atoms with Crippen LogP contribution in [0.25, 0.3) is 0 Å². The Morgan fingerprint density at radius 2 is 1.95 bits per heavy atom. The van der Waals surface area contributed by atoms with E-state index in [2.05, 4.69) is 47.9 Å². The maximum absolute atomic E-state index is 4.62. The summed E-state index contributed by atoms with van der Waals surface area (Å²) in [6.07, 6.45) is 6.70. The van der Waals surface area contributed by atoms with Gasteiger partial charge in [0.2, 0.25) is 0 Å². The summed E-state index contributed by atoms with van der Waals surface area (Å²) in [5.74, 6) is 3.50. The van der Waals surface area contributed by atoms with E-state index in [0.29, 0.717) is 5.92 Å². The molecule has 0 atom stereocenters. The molecule has 0 saturated carbocycles. The highest BCUT2D eigenvalue weighted by Crippen LogP contribution is 2.33. The van der Waals surface area contributed by atoms with E-state index in [1.165, 1.54) is 24.8 Å². The van der Waals surface area contributed by atoms with Gasteiger partial charge < -0.3 is 10.2 Å². The minimum atomic E-state index is 0.435. The van der Waals surface area contributed by atoms with Gasteiger partial charge in [-0.1, -0.05) is 34.1 Å². The molecular weight excluding hydrogens is 260 g/mol. The molecule has 2 heterocycles. The normalized spacial score (nSPS) is 16.5. The lowest BCUT2D eigenvalue weighted by molar-refractivity contribution is 0.393. The van der Waals surface area contributed by atoms with Crippen LogP contribution in [0.3, 0.4) is 0 Å². The van der Waals surface area contributed by atoms with Gasteiger partial charge in [-0.2, -0.15) is 0 Å². The Bertz CT molecular complexity index is 436. The van der Waals surface area contributed by atoms with Gasteiger partial charge in [-0.3, -0.25) is 0 Å². The predicted octanol–water partition coefficient (Wildman–Crippen LogP) is 4.05. The van der Waals surface area contributed by atoms with Crippen molar-refractivity contribution in [2.75, 3.05) is 29.9 Å². The summed E-state index contributed by atoms with van der Waals surface area (Å²) < 4.78 is 0. The highest BCUT2D eigenvalue weighted by Gasteiger charge is 2.23. The van der Waals surface area contributed by atoms with Crippen molar-refractivity contribution in [3.8, 4) is 0 Å². The van der Waals surface area contributed by atoms with E-state index in [9.17, 15) is 0 Å². The fraction of sp³-hybridized carbons (Fsp3) is 0.765. The first kappa shape index (κ1) is 16.1. The van der Waals surface area contributed by atoms with Crippen LogP contribution >= 0.6 is 0 Å². The van der Waals surface area contributed by atoms with Crippen molar-refractivity contribution < 1.29 is 0 Å². The number of hydrogen-bond donors (Lipinski definition) is 1. The van der Waals surface area contributed by atoms with E-state index in [1.807, 2.05) is 0 Å². The molecule has 0 aliphatic carbocycles. The Balaban J connectivity index is 2.22. The van der Waals surface area contributed by atoms with Crippen LogP contribution in [0.2, 0.25) is 0 Å². The molecule has 21 heavy (non-hydrogen) atoms. The summed E-state index contributed by atoms with van der Waals surface area (Å²) in [5.41, 5.74) is 1.28. The van der Waals surface area contributed by atoms with E-state index >= 15 is 0 Å². The average molecular weight is 290 g/mol. The van der Waals surface area contributed by atoms with Crippen molar-refractivity contribution >= 4 is 11.6 Å². The van der Waals surface area contributed by atoms with Crippen LogP contribution in [0.15, 0.2) is 6.33 Å². The first-order valence-electron chi connectivity index (χ1n) is 8.51. The lowest BCUT2D eigenvalue weighted by Gasteiger charge is -2.34. The van der Waals surface area contributed by atoms with Crippen LogP contribution in [0, 0.1) is 5.92 Å². The van der Waals surface area contributed by atoms with Crippen molar-refractivity contribution in [2.24, 2.45) is 5.92 Å². The Morgan fingerprint density at radius 1 is 1.24 bits per heavy atom. The predicted molar refractivity (Wildman–Crippen MR) is 90.1 cm³/mol. The summed E-state index contributed by atoms with van der Waals surface area (Å²) in [7, 11) is 0. The average Bonchev–Trinajstić information content (AvgIpc) is 2.52. The zero-order valence-corrected chi connectivity index (χ0v) is 14.0. The summed E-state index contributed by atoms with van der Waals surface area (Å²) >= 11 is 0. The minimum absolute atomic E-state index is 0.435. The smallest absolute Gasteiger partial charge is 0.137 e. The molecule has 0 radical (unpaired) electrons. The summed E-state index contributed by atoms with van der Waals surface area (Å²) in [6, 6.07) is 0. The molecule has 0 amide bonds. The molecule has 1 aliphatic heterocycles. The van der Waals surface area contributed by atoms with Crippen molar-refractivity contribution in [3.05, 3.63) is 11.9 Å². The maximum Gasteiger partial charge on any atom is 0.137 e. The van der Waals surface area contributed by atoms with E-state index in [1.54, 1.807) is 6.33 Å². The number of nitrogens with zero attached hydrogens (tertiary/aromatic N) is 3. The van der Waals surface area contributed by atoms with E-state index in [0.717, 1.165) is 43.6 Å².